The summed E-state index contributed by atoms with van der Waals surface area (Å²) in [6, 6.07) is 0. The molecule has 1 atom stereocenters. The van der Waals surface area contributed by atoms with Crippen molar-refractivity contribution >= 4 is 18.7 Å². The average molecular weight is 179 g/mol. The summed E-state index contributed by atoms with van der Waals surface area (Å²) in [6.45, 7) is 0. The van der Waals surface area contributed by atoms with Gasteiger partial charge in [-0.3, -0.25) is 0 Å². The maximum atomic E-state index is 2.56. The minimum atomic E-state index is 0. The van der Waals surface area contributed by atoms with Crippen molar-refractivity contribution < 1.29 is 57.2 Å². The molecule has 0 radical (unpaired) electrons. The fourth-order valence-electron chi connectivity index (χ4n) is 0. The molecular weight excluding hydrogens is 173 g/mol. The molecule has 0 saturated carbocycles. The van der Waals surface area contributed by atoms with Crippen molar-refractivity contribution in [2.45, 2.75) is 0 Å². The molecule has 0 nitrogen and oxygen atoms in total. The van der Waals surface area contributed by atoms with E-state index < -0.39 is 0 Å². The Bertz CT molecular complexity index is 11.6. The number of hydrogen-bond donors (Lipinski definition) is 0. The van der Waals surface area contributed by atoms with E-state index in [1.165, 1.54) is 9.91 Å². The number of hydrogen-bond acceptors (Lipinski definition) is 0. The van der Waals surface area contributed by atoms with Gasteiger partial charge in [0.2, 0.25) is 0 Å². The van der Waals surface area contributed by atoms with Crippen LogP contribution in [-0.4, -0.2) is 9.91 Å². The van der Waals surface area contributed by atoms with Crippen LogP contribution in [0.1, 0.15) is 1.43 Å². The zero-order valence-corrected chi connectivity index (χ0v) is 10.7. The summed E-state index contributed by atoms with van der Waals surface area (Å²) in [7, 11) is 3.78. The van der Waals surface area contributed by atoms with E-state index in [-0.39, 0.29) is 57.2 Å². The molecule has 0 aromatic rings. The monoisotopic (exact) mass is 178 g/mol. The van der Waals surface area contributed by atoms with Crippen LogP contribution in [0.15, 0.2) is 0 Å². The van der Waals surface area contributed by atoms with E-state index in [1.54, 1.807) is 0 Å². The van der Waals surface area contributed by atoms with E-state index in [0.717, 1.165) is 0 Å². The van der Waals surface area contributed by atoms with Gasteiger partial charge in [-0.15, -0.1) is 0 Å². The van der Waals surface area contributed by atoms with Crippen LogP contribution in [0.3, 0.4) is 0 Å². The molecule has 0 aromatic carbocycles. The summed E-state index contributed by atoms with van der Waals surface area (Å²) in [5, 5.41) is 0. The van der Waals surface area contributed by atoms with Crippen LogP contribution in [0.5, 0.6) is 0 Å². The van der Waals surface area contributed by atoms with Gasteiger partial charge >= 0.3 is 29.6 Å². The Labute approximate surface area is 74.9 Å². The molecule has 0 heterocycles. The van der Waals surface area contributed by atoms with Crippen LogP contribution in [0.2, 0.25) is 0 Å². The Balaban J connectivity index is -0.00000000167. The van der Waals surface area contributed by atoms with Crippen molar-refractivity contribution in [1.29, 1.82) is 0 Å². The Kier molecular flexibility index (Phi) is 71.0. The van der Waals surface area contributed by atoms with Crippen LogP contribution in [0.4, 0.5) is 0 Å². The Morgan fingerprint density at radius 3 is 1.50 bits per heavy atom. The summed E-state index contributed by atoms with van der Waals surface area (Å²) < 4.78 is 0. The maximum absolute atomic E-state index is 2.56. The molecule has 20 valence electrons. The van der Waals surface area contributed by atoms with Crippen molar-refractivity contribution in [1.82, 2.24) is 0 Å². The molecule has 0 aliphatic carbocycles. The summed E-state index contributed by atoms with van der Waals surface area (Å²) >= 11 is 0. The Morgan fingerprint density at radius 2 is 1.50 bits per heavy atom. The van der Waals surface area contributed by atoms with Gasteiger partial charge in [0, 0.05) is 36.1 Å². The Hall–Kier alpha value is 2.53. The van der Waals surface area contributed by atoms with E-state index in [2.05, 4.69) is 8.79 Å². The normalized spacial score (nSPS) is 2.25. The third-order valence-corrected chi connectivity index (χ3v) is 0. The van der Waals surface area contributed by atoms with Crippen LogP contribution in [0, 0.1) is 0 Å². The van der Waals surface area contributed by atoms with E-state index in [4.69, 9.17) is 0 Å². The molecule has 0 spiro atoms. The second kappa shape index (κ2) is 17.7. The Morgan fingerprint density at radius 1 is 1.50 bits per heavy atom. The molecule has 4 heteroatoms. The van der Waals surface area contributed by atoms with Crippen LogP contribution in [0.25, 0.3) is 0 Å². The minimum absolute atomic E-state index is 0. The summed E-state index contributed by atoms with van der Waals surface area (Å²) in [5.74, 6) is 0. The quantitative estimate of drug-likeness (QED) is 0.265. The molecule has 0 bridgehead atoms. The third kappa shape index (κ3) is 8.82. The average Bonchev–Trinajstić information content (AvgIpc) is 1.00. The van der Waals surface area contributed by atoms with Gasteiger partial charge in [-0.1, -0.05) is 0 Å². The molecular formula is H6NaPSiZr. The zero-order valence-electron chi connectivity index (χ0n) is 4.08. The smallest absolute Gasteiger partial charge is 1.00 e. The van der Waals surface area contributed by atoms with Gasteiger partial charge < -0.3 is 1.43 Å². The van der Waals surface area contributed by atoms with E-state index in [1.807, 2.05) is 0 Å². The first-order valence-electron chi connectivity index (χ1n) is 0.577. The largest absolute Gasteiger partial charge is 1.00 e. The standard InChI is InChI=1S/Na.H5PSi.Zr.H/c;1-2;;/h;1H2,2H3;;/q+1;;;-1. The fourth-order valence-corrected chi connectivity index (χ4v) is 0. The van der Waals surface area contributed by atoms with Gasteiger partial charge in [-0.05, 0) is 0 Å². The van der Waals surface area contributed by atoms with Crippen LogP contribution < -0.4 is 29.6 Å². The van der Waals surface area contributed by atoms with Gasteiger partial charge in [0.05, 0.1) is 0 Å². The summed E-state index contributed by atoms with van der Waals surface area (Å²) in [5.41, 5.74) is 0. The van der Waals surface area contributed by atoms with Crippen molar-refractivity contribution in [2.24, 2.45) is 0 Å². The second-order valence-corrected chi connectivity index (χ2v) is 0. The van der Waals surface area contributed by atoms with Gasteiger partial charge in [-0.2, -0.15) is 8.79 Å². The molecule has 4 heavy (non-hydrogen) atoms. The van der Waals surface area contributed by atoms with E-state index >= 15 is 0 Å². The van der Waals surface area contributed by atoms with Crippen molar-refractivity contribution in [3.63, 3.8) is 0 Å². The maximum Gasteiger partial charge on any atom is 1.00 e. The molecule has 0 aliphatic rings. The molecule has 0 saturated heterocycles. The summed E-state index contributed by atoms with van der Waals surface area (Å²) in [4.78, 5) is 0. The van der Waals surface area contributed by atoms with Gasteiger partial charge in [0.1, 0.15) is 0 Å². The summed E-state index contributed by atoms with van der Waals surface area (Å²) in [6.07, 6.45) is 0. The van der Waals surface area contributed by atoms with E-state index in [9.17, 15) is 0 Å². The first-order valence-corrected chi connectivity index (χ1v) is 5.20. The predicted molar refractivity (Wildman–Crippen MR) is 20.8 cm³/mol. The third-order valence-electron chi connectivity index (χ3n) is 0. The SMILES string of the molecule is [H-].[Na+].[SiH3]P.[Zr]. The molecule has 0 amide bonds. The van der Waals surface area contributed by atoms with Gasteiger partial charge in [0.15, 0.2) is 0 Å². The topological polar surface area (TPSA) is 0 Å². The van der Waals surface area contributed by atoms with Gasteiger partial charge in [0.25, 0.3) is 0 Å². The molecule has 0 N–H and O–H groups in total. The van der Waals surface area contributed by atoms with Gasteiger partial charge in [-0.25, -0.2) is 0 Å². The van der Waals surface area contributed by atoms with Crippen LogP contribution in [-0.2, 0) is 26.2 Å². The first-order chi connectivity index (χ1) is 1.00. The fraction of sp³-hybridized carbons (Fsp3) is 0. The van der Waals surface area contributed by atoms with E-state index in [0.29, 0.717) is 0 Å². The zero-order chi connectivity index (χ0) is 2.00. The van der Waals surface area contributed by atoms with Crippen molar-refractivity contribution in [3.05, 3.63) is 0 Å². The second-order valence-electron chi connectivity index (χ2n) is 0. The molecule has 0 aromatic heterocycles. The minimum Gasteiger partial charge on any atom is -1.00 e. The molecule has 0 aliphatic heterocycles. The van der Waals surface area contributed by atoms with Crippen molar-refractivity contribution in [2.75, 3.05) is 0 Å². The van der Waals surface area contributed by atoms with Crippen LogP contribution >= 0.6 is 8.79 Å². The van der Waals surface area contributed by atoms with Crippen molar-refractivity contribution in [3.8, 4) is 0 Å². The first kappa shape index (κ1) is 16.0. The molecule has 1 unspecified atom stereocenters. The predicted octanol–water partition coefficient (Wildman–Crippen LogP) is -3.74. The molecule has 0 fully saturated rings. The number of rotatable bonds is 0. The molecule has 0 rings (SSSR count).